The minimum absolute atomic E-state index is 0.371. The van der Waals surface area contributed by atoms with E-state index in [2.05, 4.69) is 52.1 Å². The van der Waals surface area contributed by atoms with Gasteiger partial charge in [0.2, 0.25) is 0 Å². The zero-order valence-corrected chi connectivity index (χ0v) is 12.4. The number of aryl methyl sites for hydroxylation is 1. The summed E-state index contributed by atoms with van der Waals surface area (Å²) < 4.78 is 5.77. The molecule has 2 heteroatoms. The zero-order valence-electron chi connectivity index (χ0n) is 12.4. The van der Waals surface area contributed by atoms with Crippen molar-refractivity contribution in [2.45, 2.75) is 53.1 Å². The third-order valence-corrected chi connectivity index (χ3v) is 3.57. The summed E-state index contributed by atoms with van der Waals surface area (Å²) in [6.07, 6.45) is 1.21. The second-order valence-electron chi connectivity index (χ2n) is 5.37. The molecule has 3 atom stereocenters. The third kappa shape index (κ3) is 5.09. The molecule has 0 radical (unpaired) electrons. The highest BCUT2D eigenvalue weighted by atomic mass is 16.5. The molecule has 0 bridgehead atoms. The Morgan fingerprint density at radius 1 is 1.11 bits per heavy atom. The highest BCUT2D eigenvalue weighted by Crippen LogP contribution is 2.12. The van der Waals surface area contributed by atoms with Gasteiger partial charge in [-0.2, -0.15) is 0 Å². The molecule has 3 unspecified atom stereocenters. The maximum absolute atomic E-state index is 5.77. The molecule has 1 aromatic carbocycles. The third-order valence-electron chi connectivity index (χ3n) is 3.57. The first-order chi connectivity index (χ1) is 8.52. The SMILES string of the molecule is CCC(C)C(C)NC(C)COc1ccc(C)cc1. The fourth-order valence-corrected chi connectivity index (χ4v) is 1.87. The van der Waals surface area contributed by atoms with Crippen LogP contribution in [-0.4, -0.2) is 18.7 Å². The maximum Gasteiger partial charge on any atom is 0.119 e. The summed E-state index contributed by atoms with van der Waals surface area (Å²) in [5.41, 5.74) is 1.26. The van der Waals surface area contributed by atoms with Gasteiger partial charge in [0.15, 0.2) is 0 Å². The van der Waals surface area contributed by atoms with Crippen molar-refractivity contribution in [3.8, 4) is 5.75 Å². The van der Waals surface area contributed by atoms with Crippen LogP contribution in [0.5, 0.6) is 5.75 Å². The van der Waals surface area contributed by atoms with Crippen LogP contribution in [0.4, 0.5) is 0 Å². The van der Waals surface area contributed by atoms with E-state index in [1.807, 2.05) is 12.1 Å². The average molecular weight is 249 g/mol. The highest BCUT2D eigenvalue weighted by Gasteiger charge is 2.13. The van der Waals surface area contributed by atoms with E-state index in [0.29, 0.717) is 24.6 Å². The highest BCUT2D eigenvalue weighted by molar-refractivity contribution is 5.26. The molecule has 0 aliphatic heterocycles. The van der Waals surface area contributed by atoms with Crippen molar-refractivity contribution in [3.05, 3.63) is 29.8 Å². The number of rotatable bonds is 7. The van der Waals surface area contributed by atoms with Gasteiger partial charge in [-0.15, -0.1) is 0 Å². The van der Waals surface area contributed by atoms with Crippen LogP contribution in [0.3, 0.4) is 0 Å². The molecule has 0 aliphatic carbocycles. The predicted molar refractivity (Wildman–Crippen MR) is 78.2 cm³/mol. The van der Waals surface area contributed by atoms with Crippen molar-refractivity contribution >= 4 is 0 Å². The van der Waals surface area contributed by atoms with Crippen molar-refractivity contribution in [2.75, 3.05) is 6.61 Å². The molecule has 0 saturated heterocycles. The van der Waals surface area contributed by atoms with Crippen molar-refractivity contribution in [3.63, 3.8) is 0 Å². The second-order valence-corrected chi connectivity index (χ2v) is 5.37. The van der Waals surface area contributed by atoms with E-state index < -0.39 is 0 Å². The second kappa shape index (κ2) is 7.42. The van der Waals surface area contributed by atoms with E-state index in [1.54, 1.807) is 0 Å². The Balaban J connectivity index is 2.32. The van der Waals surface area contributed by atoms with Gasteiger partial charge in [-0.3, -0.25) is 0 Å². The lowest BCUT2D eigenvalue weighted by Crippen LogP contribution is -2.41. The van der Waals surface area contributed by atoms with Crippen LogP contribution in [0.2, 0.25) is 0 Å². The van der Waals surface area contributed by atoms with E-state index in [-0.39, 0.29) is 0 Å². The molecule has 18 heavy (non-hydrogen) atoms. The summed E-state index contributed by atoms with van der Waals surface area (Å²) in [6, 6.07) is 9.12. The fraction of sp³-hybridized carbons (Fsp3) is 0.625. The Kier molecular flexibility index (Phi) is 6.20. The maximum atomic E-state index is 5.77. The Bertz CT molecular complexity index is 333. The molecule has 0 aromatic heterocycles. The van der Waals surface area contributed by atoms with Gasteiger partial charge in [-0.1, -0.05) is 38.0 Å². The fourth-order valence-electron chi connectivity index (χ4n) is 1.87. The molecule has 2 nitrogen and oxygen atoms in total. The minimum Gasteiger partial charge on any atom is -0.492 e. The van der Waals surface area contributed by atoms with Gasteiger partial charge in [-0.25, -0.2) is 0 Å². The summed E-state index contributed by atoms with van der Waals surface area (Å²) in [5.74, 6) is 1.65. The molecule has 0 spiro atoms. The van der Waals surface area contributed by atoms with Crippen molar-refractivity contribution in [2.24, 2.45) is 5.92 Å². The largest absolute Gasteiger partial charge is 0.492 e. The van der Waals surface area contributed by atoms with Crippen molar-refractivity contribution in [1.82, 2.24) is 5.32 Å². The number of benzene rings is 1. The first-order valence-electron chi connectivity index (χ1n) is 6.98. The molecule has 102 valence electrons. The molecule has 0 heterocycles. The van der Waals surface area contributed by atoms with E-state index in [1.165, 1.54) is 12.0 Å². The van der Waals surface area contributed by atoms with Crippen molar-refractivity contribution in [1.29, 1.82) is 0 Å². The smallest absolute Gasteiger partial charge is 0.119 e. The molecular weight excluding hydrogens is 222 g/mol. The molecule has 0 amide bonds. The summed E-state index contributed by atoms with van der Waals surface area (Å²) in [6.45, 7) is 11.7. The van der Waals surface area contributed by atoms with Crippen molar-refractivity contribution < 1.29 is 4.74 Å². The van der Waals surface area contributed by atoms with Crippen LogP contribution in [0.25, 0.3) is 0 Å². The number of nitrogens with one attached hydrogen (secondary N) is 1. The molecule has 1 rings (SSSR count). The topological polar surface area (TPSA) is 21.3 Å². The molecule has 0 fully saturated rings. The minimum atomic E-state index is 0.371. The van der Waals surface area contributed by atoms with Gasteiger partial charge in [0.05, 0.1) is 0 Å². The summed E-state index contributed by atoms with van der Waals surface area (Å²) >= 11 is 0. The summed E-state index contributed by atoms with van der Waals surface area (Å²) in [4.78, 5) is 0. The van der Waals surface area contributed by atoms with E-state index in [9.17, 15) is 0 Å². The van der Waals surface area contributed by atoms with Crippen LogP contribution in [0.1, 0.15) is 39.7 Å². The number of hydrogen-bond donors (Lipinski definition) is 1. The van der Waals surface area contributed by atoms with Crippen LogP contribution in [0.15, 0.2) is 24.3 Å². The monoisotopic (exact) mass is 249 g/mol. The lowest BCUT2D eigenvalue weighted by atomic mass is 10.0. The standard InChI is InChI=1S/C16H27NO/c1-6-13(3)15(5)17-14(4)11-18-16-9-7-12(2)8-10-16/h7-10,13-15,17H,6,11H2,1-5H3. The van der Waals surface area contributed by atoms with Gasteiger partial charge >= 0.3 is 0 Å². The molecule has 1 N–H and O–H groups in total. The van der Waals surface area contributed by atoms with Gasteiger partial charge in [0, 0.05) is 12.1 Å². The molecule has 1 aromatic rings. The lowest BCUT2D eigenvalue weighted by molar-refractivity contribution is 0.247. The van der Waals surface area contributed by atoms with Gasteiger partial charge in [0.1, 0.15) is 12.4 Å². The zero-order chi connectivity index (χ0) is 13.5. The van der Waals surface area contributed by atoms with Crippen LogP contribution < -0.4 is 10.1 Å². The predicted octanol–water partition coefficient (Wildman–Crippen LogP) is 3.79. The first-order valence-corrected chi connectivity index (χ1v) is 6.98. The quantitative estimate of drug-likeness (QED) is 0.794. The van der Waals surface area contributed by atoms with E-state index in [0.717, 1.165) is 5.75 Å². The van der Waals surface area contributed by atoms with Crippen LogP contribution in [0, 0.1) is 12.8 Å². The van der Waals surface area contributed by atoms with E-state index >= 15 is 0 Å². The molecule has 0 aliphatic rings. The lowest BCUT2D eigenvalue weighted by Gasteiger charge is -2.24. The summed E-state index contributed by atoms with van der Waals surface area (Å²) in [7, 11) is 0. The number of ether oxygens (including phenoxy) is 1. The Hall–Kier alpha value is -1.02. The normalized spacial score (nSPS) is 16.1. The Morgan fingerprint density at radius 2 is 1.72 bits per heavy atom. The molecule has 0 saturated carbocycles. The molecular formula is C16H27NO. The van der Waals surface area contributed by atoms with E-state index in [4.69, 9.17) is 4.74 Å². The number of hydrogen-bond acceptors (Lipinski definition) is 2. The summed E-state index contributed by atoms with van der Waals surface area (Å²) in [5, 5.41) is 3.59. The van der Waals surface area contributed by atoms with Gasteiger partial charge in [-0.05, 0) is 38.8 Å². The van der Waals surface area contributed by atoms with Gasteiger partial charge in [0.25, 0.3) is 0 Å². The van der Waals surface area contributed by atoms with Crippen LogP contribution in [-0.2, 0) is 0 Å². The van der Waals surface area contributed by atoms with Crippen LogP contribution >= 0.6 is 0 Å². The average Bonchev–Trinajstić information content (AvgIpc) is 2.37. The first kappa shape index (κ1) is 15.0. The van der Waals surface area contributed by atoms with Gasteiger partial charge < -0.3 is 10.1 Å². The Morgan fingerprint density at radius 3 is 2.28 bits per heavy atom. The Labute approximate surface area is 112 Å².